The lowest BCUT2D eigenvalue weighted by Crippen LogP contribution is -2.34. The highest BCUT2D eigenvalue weighted by Gasteiger charge is 2.33. The number of methoxy groups -OCH3 is 2. The molecule has 0 radical (unpaired) electrons. The molecule has 630 valence electrons. The normalized spacial score (nSPS) is 14.6. The molecule has 11 heterocycles. The second kappa shape index (κ2) is 39.6. The number of hydrogen-bond acceptors (Lipinski definition) is 28. The standard InChI is InChI=1S/C21H20N4O2S.C19H19N3O2S.2C18H17N3O2S.C17H15N3O2S/c1-2-6-18(27)25-10-9-15-17(11-25)28-21-19(15)20(22-13-23-21)24-16(12-26)14-7-4-3-5-8-14;1-24-19(23)16(12-7-3-2-4-8-12)22-17-15-13-9-5-6-10-14(13)25-18(15)21-11-20-17;1-23-18(22)15(11-6-3-2-4-7-11)21-16-14-12-8-5-9-13(12)24-17(14)20-10-19-16;22-18(23)15(11-6-2-1-3-7-11)21-16-14-12-8-4-5-9-13(12)24-17(14)20-10-19-16;21-17(22)14(10-5-2-1-3-6-10)20-15-13-11-7-4-8-12(11)23-16(13)19-9-18-15/h3-5,7-8,13,16,26H,9-12H2,1H3,(H,22,23,24);2-4,7-8,11,16H,5-6,9-10H2,1H3,(H,20,21,22);2-4,6-7,10,15H,5,8-9H2,1H3,(H,19,20,21);1-3,6-7,10,15H,4-5,8-9H2,(H,22,23)(H,19,20,21);1-3,5-6,9,14H,4,7-8H2,(H,21,22)(H,18,19,20)/t2*16-;2*15-;14-/m10000/s1. The van der Waals surface area contributed by atoms with Crippen molar-refractivity contribution in [2.75, 3.05) is 54.0 Å². The summed E-state index contributed by atoms with van der Waals surface area (Å²) in [4.78, 5) is 117. The molecule has 26 nitrogen and oxygen atoms in total. The van der Waals surface area contributed by atoms with Crippen molar-refractivity contribution in [3.8, 4) is 11.8 Å². The van der Waals surface area contributed by atoms with Gasteiger partial charge in [0.05, 0.1) is 60.3 Å². The van der Waals surface area contributed by atoms with E-state index in [2.05, 4.69) is 88.3 Å². The molecule has 0 spiro atoms. The van der Waals surface area contributed by atoms with Gasteiger partial charge in [-0.15, -0.1) is 56.7 Å². The van der Waals surface area contributed by atoms with Gasteiger partial charge in [-0.2, -0.15) is 0 Å². The number of aryl methyl sites for hydroxylation is 8. The number of aliphatic carboxylic acids is 2. The third-order valence-corrected chi connectivity index (χ3v) is 28.3. The van der Waals surface area contributed by atoms with Crippen molar-refractivity contribution in [2.45, 2.75) is 140 Å². The molecule has 0 unspecified atom stereocenters. The van der Waals surface area contributed by atoms with Crippen LogP contribution < -0.4 is 26.6 Å². The molecule has 10 aromatic heterocycles. The summed E-state index contributed by atoms with van der Waals surface area (Å²) in [6.07, 6.45) is 24.0. The predicted molar refractivity (Wildman–Crippen MR) is 487 cm³/mol. The number of carboxylic acids is 2. The SMILES string of the molecule is CC#CC(=O)N1CCc2c(sc3ncnc(N[C@H](CO)c4ccccc4)c23)C1.COC(=O)[C@@H](Nc1ncnc2sc3c(c12)CCC3)c1ccccc1.COC(=O)[C@@H](Nc1ncnc2sc3c(c12)CCCC3)c1ccccc1.O=C(O)[C@@H](Nc1ncnc2sc3c(c12)CCC3)c1ccccc1.O=C(O)[C@@H](Nc1ncnc2sc3c(c12)CCCC3)c1ccccc1. The Balaban J connectivity index is 0.000000115. The number of hydrogen-bond donors (Lipinski definition) is 8. The molecule has 1 aliphatic heterocycles. The van der Waals surface area contributed by atoms with Gasteiger partial charge >= 0.3 is 23.9 Å². The third-order valence-electron chi connectivity index (χ3n) is 22.4. The number of carbonyl (C=O) groups is 5. The van der Waals surface area contributed by atoms with E-state index in [4.69, 9.17) is 9.47 Å². The highest BCUT2D eigenvalue weighted by atomic mass is 32.1. The number of aliphatic hydroxyl groups is 1. The molecule has 31 heteroatoms. The number of aromatic nitrogens is 10. The molecule has 0 saturated heterocycles. The van der Waals surface area contributed by atoms with Crippen molar-refractivity contribution in [1.29, 1.82) is 0 Å². The first-order valence-electron chi connectivity index (χ1n) is 41.0. The Morgan fingerprint density at radius 2 is 0.653 bits per heavy atom. The van der Waals surface area contributed by atoms with E-state index in [-0.39, 0.29) is 30.5 Å². The third kappa shape index (κ3) is 18.7. The van der Waals surface area contributed by atoms with Gasteiger partial charge in [0.1, 0.15) is 84.9 Å². The Kier molecular flexibility index (Phi) is 27.0. The highest BCUT2D eigenvalue weighted by molar-refractivity contribution is 7.20. The number of carboxylic acid groups (broad SMARTS) is 2. The smallest absolute Gasteiger partial charge is 0.333 e. The number of carbonyl (C=O) groups excluding carboxylic acids is 3. The monoisotopic (exact) mass is 1750 g/mol. The van der Waals surface area contributed by atoms with Crippen molar-refractivity contribution < 1.29 is 48.8 Å². The van der Waals surface area contributed by atoms with Crippen LogP contribution in [0.1, 0.15) is 156 Å². The molecule has 20 rings (SSSR count). The molecule has 0 saturated carbocycles. The first kappa shape index (κ1) is 84.8. The number of benzene rings is 5. The Labute approximate surface area is 734 Å². The average Bonchev–Trinajstić information content (AvgIpc) is 1.65. The fraction of sp³-hybridized carbons (Fsp3) is 0.280. The average molecular weight is 1750 g/mol. The maximum Gasteiger partial charge on any atom is 0.333 e. The van der Waals surface area contributed by atoms with E-state index in [1.54, 1.807) is 81.2 Å². The van der Waals surface area contributed by atoms with E-state index in [1.165, 1.54) is 106 Å². The van der Waals surface area contributed by atoms with Crippen molar-refractivity contribution in [3.63, 3.8) is 0 Å². The minimum atomic E-state index is -0.921. The zero-order chi connectivity index (χ0) is 85.6. The topological polar surface area (TPSA) is 357 Å². The fourth-order valence-electron chi connectivity index (χ4n) is 16.5. The minimum Gasteiger partial charge on any atom is -0.479 e. The maximum absolute atomic E-state index is 12.4. The van der Waals surface area contributed by atoms with Gasteiger partial charge in [0.25, 0.3) is 5.91 Å². The second-order valence-corrected chi connectivity index (χ2v) is 35.4. The molecule has 1 amide bonds. The zero-order valence-corrected chi connectivity index (χ0v) is 72.2. The van der Waals surface area contributed by atoms with Gasteiger partial charge in [-0.05, 0) is 165 Å². The lowest BCUT2D eigenvalue weighted by molar-refractivity contribution is -0.142. The number of ether oxygens (including phenoxy) is 2. The molecule has 4 aliphatic carbocycles. The van der Waals surface area contributed by atoms with Crippen LogP contribution in [0.3, 0.4) is 0 Å². The second-order valence-electron chi connectivity index (χ2n) is 30.0. The van der Waals surface area contributed by atoms with E-state index in [9.17, 15) is 39.3 Å². The van der Waals surface area contributed by atoms with E-state index >= 15 is 0 Å². The lowest BCUT2D eigenvalue weighted by atomic mass is 9.97. The Morgan fingerprint density at radius 1 is 0.371 bits per heavy atom. The molecule has 15 aromatic rings. The number of aliphatic hydroxyl groups excluding tert-OH is 1. The lowest BCUT2D eigenvalue weighted by Gasteiger charge is -2.25. The van der Waals surface area contributed by atoms with Crippen molar-refractivity contribution >= 4 is 167 Å². The quantitative estimate of drug-likeness (QED) is 0.0259. The van der Waals surface area contributed by atoms with Gasteiger partial charge in [0.15, 0.2) is 24.2 Å². The molecule has 5 aromatic carbocycles. The molecule has 5 atom stereocenters. The Hall–Kier alpha value is -12.8. The molecule has 0 bridgehead atoms. The summed E-state index contributed by atoms with van der Waals surface area (Å²) in [6, 6.07) is 44.2. The number of nitrogens with one attached hydrogen (secondary N) is 5. The Morgan fingerprint density at radius 3 is 0.976 bits per heavy atom. The van der Waals surface area contributed by atoms with Crippen LogP contribution in [0.4, 0.5) is 29.1 Å². The van der Waals surface area contributed by atoms with Gasteiger partial charge in [0, 0.05) is 30.9 Å². The van der Waals surface area contributed by atoms with E-state index < -0.39 is 36.1 Å². The van der Waals surface area contributed by atoms with Gasteiger partial charge in [-0.3, -0.25) is 4.79 Å². The zero-order valence-electron chi connectivity index (χ0n) is 68.1. The number of fused-ring (bicyclic) bond motifs is 15. The summed E-state index contributed by atoms with van der Waals surface area (Å²) in [6.45, 7) is 2.80. The van der Waals surface area contributed by atoms with Crippen LogP contribution in [0.2, 0.25) is 0 Å². The van der Waals surface area contributed by atoms with Crippen LogP contribution in [-0.4, -0.2) is 127 Å². The number of amides is 1. The minimum absolute atomic E-state index is 0.0419. The summed E-state index contributed by atoms with van der Waals surface area (Å²) in [5.74, 6) is 6.02. The summed E-state index contributed by atoms with van der Waals surface area (Å²) in [5.41, 5.74) is 10.5. The van der Waals surface area contributed by atoms with Crippen LogP contribution in [0, 0.1) is 11.8 Å². The van der Waals surface area contributed by atoms with E-state index in [0.717, 1.165) is 149 Å². The maximum atomic E-state index is 12.4. The number of nitrogens with zero attached hydrogens (tertiary/aromatic N) is 11. The number of esters is 2. The largest absolute Gasteiger partial charge is 0.479 e. The molecule has 5 aliphatic rings. The molecule has 0 fully saturated rings. The summed E-state index contributed by atoms with van der Waals surface area (Å²) in [7, 11) is 2.81. The number of anilines is 5. The first-order valence-corrected chi connectivity index (χ1v) is 45.1. The van der Waals surface area contributed by atoms with Gasteiger partial charge in [0.2, 0.25) is 0 Å². The first-order chi connectivity index (χ1) is 60.7. The van der Waals surface area contributed by atoms with Gasteiger partial charge in [-0.1, -0.05) is 158 Å². The fourth-order valence-corrected chi connectivity index (χ4v) is 22.6. The predicted octanol–water partition coefficient (Wildman–Crippen LogP) is 17.4. The summed E-state index contributed by atoms with van der Waals surface area (Å²) >= 11 is 8.46. The summed E-state index contributed by atoms with van der Waals surface area (Å²) in [5, 5.41) is 50.4. The van der Waals surface area contributed by atoms with Crippen molar-refractivity contribution in [2.24, 2.45) is 0 Å². The van der Waals surface area contributed by atoms with E-state index in [0.29, 0.717) is 47.5 Å². The van der Waals surface area contributed by atoms with E-state index in [1.807, 2.05) is 152 Å². The highest BCUT2D eigenvalue weighted by Crippen LogP contribution is 2.45. The summed E-state index contributed by atoms with van der Waals surface area (Å²) < 4.78 is 9.99. The number of rotatable bonds is 20. The van der Waals surface area contributed by atoms with Gasteiger partial charge < -0.3 is 56.3 Å². The van der Waals surface area contributed by atoms with Crippen molar-refractivity contribution in [3.05, 3.63) is 263 Å². The van der Waals surface area contributed by atoms with Crippen LogP contribution >= 0.6 is 56.7 Å². The van der Waals surface area contributed by atoms with Gasteiger partial charge in [-0.25, -0.2) is 69.0 Å². The molecular weight excluding hydrogens is 1660 g/mol. The van der Waals surface area contributed by atoms with Crippen molar-refractivity contribution in [1.82, 2.24) is 54.7 Å². The molecule has 124 heavy (non-hydrogen) atoms. The molecule has 8 N–H and O–H groups in total. The Bertz CT molecular complexity index is 6430. The van der Waals surface area contributed by atoms with Crippen LogP contribution in [0.5, 0.6) is 0 Å². The number of thiophene rings is 5. The molecular formula is C93H88N16O10S5. The van der Waals surface area contributed by atoms with Crippen LogP contribution in [-0.2, 0) is 97.8 Å². The van der Waals surface area contributed by atoms with Crippen LogP contribution in [0.25, 0.3) is 51.1 Å². The van der Waals surface area contributed by atoms with Crippen LogP contribution in [0.15, 0.2) is 183 Å².